The summed E-state index contributed by atoms with van der Waals surface area (Å²) in [4.78, 5) is 46.5. The van der Waals surface area contributed by atoms with E-state index in [0.29, 0.717) is 30.7 Å². The first-order valence-corrected chi connectivity index (χ1v) is 11.2. The van der Waals surface area contributed by atoms with E-state index in [2.05, 4.69) is 5.10 Å². The number of aromatic nitrogens is 3. The summed E-state index contributed by atoms with van der Waals surface area (Å²) in [5, 5.41) is 3.25. The van der Waals surface area contributed by atoms with Gasteiger partial charge >= 0.3 is 0 Å². The van der Waals surface area contributed by atoms with Crippen LogP contribution in [0.5, 0.6) is 0 Å². The van der Waals surface area contributed by atoms with E-state index >= 15 is 0 Å². The number of fused-ring (bicyclic) bond motifs is 2. The highest BCUT2D eigenvalue weighted by Crippen LogP contribution is 2.35. The zero-order valence-corrected chi connectivity index (χ0v) is 17.5. The Morgan fingerprint density at radius 3 is 2.63 bits per heavy atom. The van der Waals surface area contributed by atoms with Crippen molar-refractivity contribution in [2.75, 3.05) is 13.1 Å². The number of hydrogen-bond donors (Lipinski definition) is 1. The molecule has 0 aromatic carbocycles. The van der Waals surface area contributed by atoms with Gasteiger partial charge in [-0.05, 0) is 32.1 Å². The Labute approximate surface area is 175 Å². The maximum absolute atomic E-state index is 13.2. The maximum Gasteiger partial charge on any atom is 0.277 e. The highest BCUT2D eigenvalue weighted by Gasteiger charge is 2.35. The topological polar surface area (TPSA) is 90.8 Å². The van der Waals surface area contributed by atoms with Gasteiger partial charge in [-0.3, -0.25) is 19.5 Å². The van der Waals surface area contributed by atoms with Crippen LogP contribution in [0.1, 0.15) is 74.9 Å². The number of likely N-dealkylation sites (tertiary alicyclic amines) is 1. The predicted molar refractivity (Wildman–Crippen MR) is 111 cm³/mol. The number of hydrogen-bond acceptors (Lipinski definition) is 4. The lowest BCUT2D eigenvalue weighted by atomic mass is 9.96. The zero-order valence-electron chi connectivity index (χ0n) is 17.5. The van der Waals surface area contributed by atoms with E-state index in [-0.39, 0.29) is 29.3 Å². The highest BCUT2D eigenvalue weighted by atomic mass is 16.2. The predicted octanol–water partition coefficient (Wildman–Crippen LogP) is 2.17. The van der Waals surface area contributed by atoms with Crippen molar-refractivity contribution in [1.29, 1.82) is 0 Å². The molecule has 1 atom stereocenters. The van der Waals surface area contributed by atoms with Gasteiger partial charge in [0.15, 0.2) is 5.65 Å². The minimum absolute atomic E-state index is 0.0272. The summed E-state index contributed by atoms with van der Waals surface area (Å²) in [7, 11) is 0. The van der Waals surface area contributed by atoms with Gasteiger partial charge in [0.1, 0.15) is 0 Å². The fourth-order valence-corrected chi connectivity index (χ4v) is 5.37. The molecule has 2 amide bonds. The number of nitrogens with zero attached hydrogens (tertiary/aromatic N) is 4. The molecule has 0 bridgehead atoms. The molecular weight excluding hydrogens is 382 g/mol. The van der Waals surface area contributed by atoms with Crippen molar-refractivity contribution in [2.24, 2.45) is 5.92 Å². The molecular formula is C22H29N5O3. The van der Waals surface area contributed by atoms with Crippen LogP contribution in [-0.4, -0.2) is 49.3 Å². The van der Waals surface area contributed by atoms with Crippen LogP contribution in [0.2, 0.25) is 0 Å². The lowest BCUT2D eigenvalue weighted by Crippen LogP contribution is -2.41. The SMILES string of the molecule is CC(=O)N1CCc2nc3cc(C4CCCCN4C(=O)C4CCCC4)[nH]n3c(=O)c2C1. The molecule has 30 heavy (non-hydrogen) atoms. The maximum atomic E-state index is 13.2. The third-order valence-electron chi connectivity index (χ3n) is 7.08. The number of H-pyrrole nitrogens is 1. The molecule has 2 aromatic rings. The van der Waals surface area contributed by atoms with Crippen LogP contribution in [0, 0.1) is 5.92 Å². The summed E-state index contributed by atoms with van der Waals surface area (Å²) in [5.41, 5.74) is 2.72. The quantitative estimate of drug-likeness (QED) is 0.820. The molecule has 2 fully saturated rings. The van der Waals surface area contributed by atoms with Gasteiger partial charge in [0.05, 0.1) is 29.5 Å². The number of piperidine rings is 1. The van der Waals surface area contributed by atoms with E-state index < -0.39 is 0 Å². The molecule has 1 N–H and O–H groups in total. The van der Waals surface area contributed by atoms with Gasteiger partial charge in [-0.15, -0.1) is 0 Å². The van der Waals surface area contributed by atoms with Crippen molar-refractivity contribution in [3.8, 4) is 0 Å². The molecule has 3 aliphatic rings. The Morgan fingerprint density at radius 1 is 1.10 bits per heavy atom. The second-order valence-corrected chi connectivity index (χ2v) is 8.96. The Bertz CT molecular complexity index is 1050. The summed E-state index contributed by atoms with van der Waals surface area (Å²) in [6.45, 7) is 3.21. The lowest BCUT2D eigenvalue weighted by Gasteiger charge is -2.36. The molecule has 0 radical (unpaired) electrons. The molecule has 1 unspecified atom stereocenters. The standard InChI is InChI=1S/C22H29N5O3/c1-14(28)25-11-9-17-16(13-25)22(30)27-20(23-17)12-18(24-27)19-8-4-5-10-26(19)21(29)15-6-2-3-7-15/h12,15,19,24H,2-11,13H2,1H3. The third-order valence-corrected chi connectivity index (χ3v) is 7.08. The Hall–Kier alpha value is -2.64. The van der Waals surface area contributed by atoms with Crippen molar-refractivity contribution in [1.82, 2.24) is 24.4 Å². The fourth-order valence-electron chi connectivity index (χ4n) is 5.37. The van der Waals surface area contributed by atoms with Crippen molar-refractivity contribution < 1.29 is 9.59 Å². The van der Waals surface area contributed by atoms with Gasteiger partial charge < -0.3 is 9.80 Å². The molecule has 1 saturated carbocycles. The summed E-state index contributed by atoms with van der Waals surface area (Å²) < 4.78 is 1.49. The zero-order chi connectivity index (χ0) is 20.8. The summed E-state index contributed by atoms with van der Waals surface area (Å²) in [5.74, 6) is 0.397. The van der Waals surface area contributed by atoms with E-state index in [0.717, 1.165) is 62.9 Å². The first-order valence-electron chi connectivity index (χ1n) is 11.2. The number of carbonyl (C=O) groups is 2. The molecule has 5 rings (SSSR count). The van der Waals surface area contributed by atoms with E-state index in [1.807, 2.05) is 11.0 Å². The van der Waals surface area contributed by atoms with Crippen molar-refractivity contribution in [2.45, 2.75) is 70.9 Å². The second kappa shape index (κ2) is 7.56. The molecule has 8 heteroatoms. The summed E-state index contributed by atoms with van der Waals surface area (Å²) in [6.07, 6.45) is 7.87. The monoisotopic (exact) mass is 411 g/mol. The first-order chi connectivity index (χ1) is 14.5. The fraction of sp³-hybridized carbons (Fsp3) is 0.636. The van der Waals surface area contributed by atoms with Gasteiger partial charge in [-0.25, -0.2) is 9.50 Å². The number of amides is 2. The Kier molecular flexibility index (Phi) is 4.87. The minimum atomic E-state index is -0.142. The van der Waals surface area contributed by atoms with Crippen LogP contribution in [0.25, 0.3) is 5.65 Å². The van der Waals surface area contributed by atoms with E-state index in [1.54, 1.807) is 4.90 Å². The largest absolute Gasteiger partial charge is 0.338 e. The number of nitrogens with one attached hydrogen (secondary N) is 1. The molecule has 1 saturated heterocycles. The third kappa shape index (κ3) is 3.22. The van der Waals surface area contributed by atoms with Crippen LogP contribution < -0.4 is 5.56 Å². The number of aromatic amines is 1. The van der Waals surface area contributed by atoms with Gasteiger partial charge in [0.2, 0.25) is 11.8 Å². The molecule has 2 aromatic heterocycles. The van der Waals surface area contributed by atoms with Crippen molar-refractivity contribution in [3.63, 3.8) is 0 Å². The van der Waals surface area contributed by atoms with Crippen LogP contribution >= 0.6 is 0 Å². The number of carbonyl (C=O) groups excluding carboxylic acids is 2. The Balaban J connectivity index is 1.50. The van der Waals surface area contributed by atoms with Crippen LogP contribution in [0.4, 0.5) is 0 Å². The average molecular weight is 412 g/mol. The normalized spacial score (nSPS) is 22.5. The van der Waals surface area contributed by atoms with Crippen LogP contribution in [0.3, 0.4) is 0 Å². The minimum Gasteiger partial charge on any atom is -0.338 e. The highest BCUT2D eigenvalue weighted by molar-refractivity contribution is 5.79. The summed E-state index contributed by atoms with van der Waals surface area (Å²) in [6, 6.07) is 1.91. The van der Waals surface area contributed by atoms with E-state index in [9.17, 15) is 14.4 Å². The van der Waals surface area contributed by atoms with Crippen LogP contribution in [0.15, 0.2) is 10.9 Å². The molecule has 4 heterocycles. The Morgan fingerprint density at radius 2 is 1.87 bits per heavy atom. The molecule has 0 spiro atoms. The molecule has 8 nitrogen and oxygen atoms in total. The average Bonchev–Trinajstić information content (AvgIpc) is 3.43. The van der Waals surface area contributed by atoms with Gasteiger partial charge in [0.25, 0.3) is 5.56 Å². The van der Waals surface area contributed by atoms with Crippen LogP contribution in [-0.2, 0) is 22.6 Å². The number of rotatable bonds is 2. The van der Waals surface area contributed by atoms with Gasteiger partial charge in [-0.2, -0.15) is 0 Å². The molecule has 160 valence electrons. The molecule has 2 aliphatic heterocycles. The first kappa shape index (κ1) is 19.3. The smallest absolute Gasteiger partial charge is 0.277 e. The van der Waals surface area contributed by atoms with Gasteiger partial charge in [0, 0.05) is 38.4 Å². The van der Waals surface area contributed by atoms with E-state index in [4.69, 9.17) is 4.98 Å². The van der Waals surface area contributed by atoms with E-state index in [1.165, 1.54) is 11.4 Å². The van der Waals surface area contributed by atoms with Gasteiger partial charge in [-0.1, -0.05) is 12.8 Å². The van der Waals surface area contributed by atoms with Crippen molar-refractivity contribution >= 4 is 17.5 Å². The van der Waals surface area contributed by atoms with Crippen molar-refractivity contribution in [3.05, 3.63) is 33.4 Å². The molecule has 1 aliphatic carbocycles. The lowest BCUT2D eigenvalue weighted by molar-refractivity contribution is -0.139. The summed E-state index contributed by atoms with van der Waals surface area (Å²) >= 11 is 0. The second-order valence-electron chi connectivity index (χ2n) is 8.96.